The number of fused-ring (bicyclic) bond motifs is 1. The maximum Gasteiger partial charge on any atom is 0.143 e. The van der Waals surface area contributed by atoms with Crippen LogP contribution < -0.4 is 0 Å². The van der Waals surface area contributed by atoms with E-state index < -0.39 is 0 Å². The lowest BCUT2D eigenvalue weighted by atomic mass is 10.3. The summed E-state index contributed by atoms with van der Waals surface area (Å²) in [6, 6.07) is 3.72. The van der Waals surface area contributed by atoms with Crippen molar-refractivity contribution in [3.8, 4) is 0 Å². The highest BCUT2D eigenvalue weighted by atomic mass is 32.1. The maximum absolute atomic E-state index is 8.76. The molecule has 1 N–H and O–H groups in total. The third-order valence-corrected chi connectivity index (χ3v) is 2.15. The minimum atomic E-state index is -0.00611. The lowest BCUT2D eigenvalue weighted by Crippen LogP contribution is -1.85. The van der Waals surface area contributed by atoms with Crippen molar-refractivity contribution in [2.45, 2.75) is 6.61 Å². The summed E-state index contributed by atoms with van der Waals surface area (Å²) in [5.74, 6) is 0. The van der Waals surface area contributed by atoms with Gasteiger partial charge in [-0.25, -0.2) is 4.98 Å². The zero-order valence-electron chi connectivity index (χ0n) is 5.69. The molecular formula is C7H6N2OS. The molecule has 0 radical (unpaired) electrons. The van der Waals surface area contributed by atoms with Gasteiger partial charge in [-0.05, 0) is 23.7 Å². The lowest BCUT2D eigenvalue weighted by molar-refractivity contribution is 0.277. The van der Waals surface area contributed by atoms with Crippen LogP contribution in [-0.2, 0) is 6.61 Å². The van der Waals surface area contributed by atoms with E-state index in [4.69, 9.17) is 5.11 Å². The number of rotatable bonds is 1. The smallest absolute Gasteiger partial charge is 0.143 e. The highest BCUT2D eigenvalue weighted by Crippen LogP contribution is 2.15. The molecule has 0 aliphatic carbocycles. The summed E-state index contributed by atoms with van der Waals surface area (Å²) >= 11 is 1.34. The molecule has 2 heterocycles. The SMILES string of the molecule is OCc1ccc2cnsc2n1. The summed E-state index contributed by atoms with van der Waals surface area (Å²) in [6.45, 7) is -0.00611. The first kappa shape index (κ1) is 6.69. The van der Waals surface area contributed by atoms with Crippen LogP contribution >= 0.6 is 11.5 Å². The summed E-state index contributed by atoms with van der Waals surface area (Å²) in [7, 11) is 0. The van der Waals surface area contributed by atoms with Gasteiger partial charge in [0.15, 0.2) is 0 Å². The van der Waals surface area contributed by atoms with E-state index in [1.54, 1.807) is 12.3 Å². The Labute approximate surface area is 67.5 Å². The van der Waals surface area contributed by atoms with E-state index in [1.807, 2.05) is 6.07 Å². The minimum Gasteiger partial charge on any atom is -0.390 e. The Hall–Kier alpha value is -1.00. The summed E-state index contributed by atoms with van der Waals surface area (Å²) < 4.78 is 3.97. The fraction of sp³-hybridized carbons (Fsp3) is 0.143. The molecule has 3 nitrogen and oxygen atoms in total. The van der Waals surface area contributed by atoms with E-state index in [-0.39, 0.29) is 6.61 Å². The zero-order valence-corrected chi connectivity index (χ0v) is 6.51. The van der Waals surface area contributed by atoms with Gasteiger partial charge >= 0.3 is 0 Å². The van der Waals surface area contributed by atoms with Crippen LogP contribution in [0.5, 0.6) is 0 Å². The normalized spacial score (nSPS) is 10.6. The van der Waals surface area contributed by atoms with Crippen LogP contribution in [0.25, 0.3) is 10.2 Å². The van der Waals surface area contributed by atoms with Crippen molar-refractivity contribution in [2.24, 2.45) is 0 Å². The molecule has 11 heavy (non-hydrogen) atoms. The van der Waals surface area contributed by atoms with Crippen molar-refractivity contribution in [1.82, 2.24) is 9.36 Å². The van der Waals surface area contributed by atoms with Gasteiger partial charge in [-0.15, -0.1) is 0 Å². The Kier molecular flexibility index (Phi) is 1.56. The average molecular weight is 166 g/mol. The minimum absolute atomic E-state index is 0.00611. The number of pyridine rings is 1. The molecule has 0 unspecified atom stereocenters. The molecule has 0 fully saturated rings. The highest BCUT2D eigenvalue weighted by molar-refractivity contribution is 7.12. The van der Waals surface area contributed by atoms with Gasteiger partial charge in [0.05, 0.1) is 18.5 Å². The number of aliphatic hydroxyl groups is 1. The molecule has 0 aliphatic rings. The molecule has 0 aliphatic heterocycles. The number of aromatic nitrogens is 2. The fourth-order valence-corrected chi connectivity index (χ4v) is 1.53. The van der Waals surface area contributed by atoms with Crippen molar-refractivity contribution in [1.29, 1.82) is 0 Å². The fourth-order valence-electron chi connectivity index (χ4n) is 0.882. The van der Waals surface area contributed by atoms with Gasteiger partial charge in [0, 0.05) is 5.39 Å². The van der Waals surface area contributed by atoms with Crippen LogP contribution in [0.15, 0.2) is 18.3 Å². The summed E-state index contributed by atoms with van der Waals surface area (Å²) in [5, 5.41) is 9.79. The van der Waals surface area contributed by atoms with Gasteiger partial charge in [0.25, 0.3) is 0 Å². The standard InChI is InChI=1S/C7H6N2OS/c10-4-6-2-1-5-3-8-11-7(5)9-6/h1-3,10H,4H2. The van der Waals surface area contributed by atoms with Crippen molar-refractivity contribution in [2.75, 3.05) is 0 Å². The maximum atomic E-state index is 8.76. The predicted molar refractivity (Wildman–Crippen MR) is 43.3 cm³/mol. The van der Waals surface area contributed by atoms with E-state index in [9.17, 15) is 0 Å². The molecule has 0 aromatic carbocycles. The van der Waals surface area contributed by atoms with E-state index in [0.29, 0.717) is 5.69 Å². The van der Waals surface area contributed by atoms with Crippen molar-refractivity contribution < 1.29 is 5.11 Å². The zero-order chi connectivity index (χ0) is 7.68. The molecule has 2 aromatic heterocycles. The third-order valence-electron chi connectivity index (χ3n) is 1.44. The molecule has 4 heteroatoms. The number of nitrogens with zero attached hydrogens (tertiary/aromatic N) is 2. The monoisotopic (exact) mass is 166 g/mol. The number of aliphatic hydroxyl groups excluding tert-OH is 1. The van der Waals surface area contributed by atoms with Gasteiger partial charge < -0.3 is 5.11 Å². The third kappa shape index (κ3) is 1.10. The number of hydrogen-bond acceptors (Lipinski definition) is 4. The van der Waals surface area contributed by atoms with Crippen LogP contribution in [0, 0.1) is 0 Å². The van der Waals surface area contributed by atoms with Gasteiger partial charge in [0.2, 0.25) is 0 Å². The molecule has 2 aromatic rings. The quantitative estimate of drug-likeness (QED) is 0.692. The topological polar surface area (TPSA) is 46.0 Å². The Morgan fingerprint density at radius 2 is 2.36 bits per heavy atom. The van der Waals surface area contributed by atoms with Gasteiger partial charge in [0.1, 0.15) is 4.83 Å². The first-order chi connectivity index (χ1) is 5.40. The second-order valence-corrected chi connectivity index (χ2v) is 2.96. The van der Waals surface area contributed by atoms with Crippen LogP contribution in [0.2, 0.25) is 0 Å². The van der Waals surface area contributed by atoms with E-state index in [1.165, 1.54) is 11.5 Å². The summed E-state index contributed by atoms with van der Waals surface area (Å²) in [5.41, 5.74) is 0.696. The largest absolute Gasteiger partial charge is 0.390 e. The Bertz CT molecular complexity index is 371. The van der Waals surface area contributed by atoms with Crippen LogP contribution in [0.1, 0.15) is 5.69 Å². The Morgan fingerprint density at radius 1 is 1.45 bits per heavy atom. The van der Waals surface area contributed by atoms with Crippen LogP contribution in [-0.4, -0.2) is 14.5 Å². The van der Waals surface area contributed by atoms with Gasteiger partial charge in [-0.2, -0.15) is 4.37 Å². The molecule has 0 saturated carbocycles. The first-order valence-corrected chi connectivity index (χ1v) is 3.98. The summed E-state index contributed by atoms with van der Waals surface area (Å²) in [4.78, 5) is 5.05. The summed E-state index contributed by atoms with van der Waals surface area (Å²) in [6.07, 6.45) is 1.77. The highest BCUT2D eigenvalue weighted by Gasteiger charge is 1.97. The molecule has 56 valence electrons. The molecule has 0 spiro atoms. The van der Waals surface area contributed by atoms with E-state index >= 15 is 0 Å². The van der Waals surface area contributed by atoms with Gasteiger partial charge in [-0.1, -0.05) is 0 Å². The molecule has 0 bridgehead atoms. The second-order valence-electron chi connectivity index (χ2n) is 2.18. The van der Waals surface area contributed by atoms with Crippen molar-refractivity contribution >= 4 is 21.7 Å². The first-order valence-electron chi connectivity index (χ1n) is 3.21. The molecule has 0 amide bonds. The van der Waals surface area contributed by atoms with Crippen LogP contribution in [0.3, 0.4) is 0 Å². The molecule has 0 saturated heterocycles. The van der Waals surface area contributed by atoms with E-state index in [2.05, 4.69) is 9.36 Å². The van der Waals surface area contributed by atoms with Crippen LogP contribution in [0.4, 0.5) is 0 Å². The predicted octanol–water partition coefficient (Wildman–Crippen LogP) is 1.18. The Morgan fingerprint density at radius 3 is 3.18 bits per heavy atom. The van der Waals surface area contributed by atoms with Crippen molar-refractivity contribution in [3.05, 3.63) is 24.0 Å². The molecular weight excluding hydrogens is 160 g/mol. The molecule has 0 atom stereocenters. The molecule has 2 rings (SSSR count). The van der Waals surface area contributed by atoms with Crippen molar-refractivity contribution in [3.63, 3.8) is 0 Å². The average Bonchev–Trinajstić information content (AvgIpc) is 2.50. The Balaban J connectivity index is 2.67. The lowest BCUT2D eigenvalue weighted by Gasteiger charge is -1.92. The number of hydrogen-bond donors (Lipinski definition) is 1. The van der Waals surface area contributed by atoms with Gasteiger partial charge in [-0.3, -0.25) is 0 Å². The second kappa shape index (κ2) is 2.56. The van der Waals surface area contributed by atoms with E-state index in [0.717, 1.165) is 10.2 Å².